The maximum absolute atomic E-state index is 14.3. The van der Waals surface area contributed by atoms with Crippen molar-refractivity contribution in [3.8, 4) is 0 Å². The molecule has 0 aliphatic heterocycles. The normalized spacial score (nSPS) is 38.7. The summed E-state index contributed by atoms with van der Waals surface area (Å²) in [6.07, 6.45) is 0.349. The zero-order chi connectivity index (χ0) is 17.7. The minimum absolute atomic E-state index is 0.0312. The van der Waals surface area contributed by atoms with Crippen molar-refractivity contribution < 1.29 is 36.4 Å². The second-order valence-electron chi connectivity index (χ2n) is 7.31. The summed E-state index contributed by atoms with van der Waals surface area (Å²) in [5.41, 5.74) is -2.27. The predicted octanol–water partition coefficient (Wildman–Crippen LogP) is 1.72. The zero-order valence-corrected chi connectivity index (χ0v) is 15.9. The van der Waals surface area contributed by atoms with Crippen molar-refractivity contribution >= 4 is 41.3 Å². The van der Waals surface area contributed by atoms with Crippen LogP contribution in [0.15, 0.2) is 0 Å². The molecule has 0 heterocycles. The number of ether oxygens (including phenoxy) is 1. The molecule has 23 heavy (non-hydrogen) atoms. The van der Waals surface area contributed by atoms with Gasteiger partial charge in [0.25, 0.3) is 10.1 Å². The first-order valence-electron chi connectivity index (χ1n) is 7.46. The van der Waals surface area contributed by atoms with Crippen molar-refractivity contribution in [3.05, 3.63) is 0 Å². The van der Waals surface area contributed by atoms with Gasteiger partial charge in [-0.2, -0.15) is 8.42 Å². The molecule has 0 aromatic heterocycles. The molecule has 2 N–H and O–H groups in total. The minimum atomic E-state index is -3.67. The number of hydrogen-bond acceptors (Lipinski definition) is 5. The predicted molar refractivity (Wildman–Crippen MR) is 76.7 cm³/mol. The van der Waals surface area contributed by atoms with Crippen LogP contribution in [0, 0.1) is 17.3 Å². The number of carbonyl (C=O) groups excluding carboxylic acids is 1. The number of hydrogen-bond donors (Lipinski definition) is 2. The Hall–Kier alpha value is 0.200. The quantitative estimate of drug-likeness (QED) is 0.572. The standard InChI is InChI=1S/C12H15F2O3.CH4O3S.Na/c13-12(14,17-7-15)10-2-8-1-9(3-10)5-11(16,4-8)6-10;1-5(2,3)4;/h8-9,16H,1-6H2;1H3,(H,2,3,4);. The van der Waals surface area contributed by atoms with Gasteiger partial charge >= 0.3 is 122 Å². The van der Waals surface area contributed by atoms with Gasteiger partial charge in [0, 0.05) is 0 Å². The Morgan fingerprint density at radius 1 is 1.26 bits per heavy atom. The molecule has 0 amide bonds. The molecule has 0 aromatic carbocycles. The van der Waals surface area contributed by atoms with E-state index in [1.54, 1.807) is 0 Å². The average Bonchev–Trinajstić information content (AvgIpc) is 2.19. The van der Waals surface area contributed by atoms with Crippen LogP contribution < -0.4 is 0 Å². The molecule has 128 valence electrons. The number of alkyl halides is 2. The van der Waals surface area contributed by atoms with Crippen LogP contribution in [0.2, 0.25) is 0 Å². The molecule has 6 nitrogen and oxygen atoms in total. The molecule has 0 saturated heterocycles. The third kappa shape index (κ3) is 4.64. The summed E-state index contributed by atoms with van der Waals surface area (Å²) in [6, 6.07) is 0. The summed E-state index contributed by atoms with van der Waals surface area (Å²) in [5, 5.41) is 10.4. The SMILES string of the molecule is CS(=O)(=O)O.O=[C]([Na])OC(F)(F)C12CC3CC(CC(O)(C3)C1)C2. The molecule has 0 spiro atoms. The summed E-state index contributed by atoms with van der Waals surface area (Å²) >= 11 is -0.0312. The molecule has 4 rings (SSSR count). The fourth-order valence-electron chi connectivity index (χ4n) is 4.84. The van der Waals surface area contributed by atoms with Crippen LogP contribution in [-0.2, 0) is 14.9 Å². The Bertz CT molecular complexity index is 571. The van der Waals surface area contributed by atoms with E-state index in [0.29, 0.717) is 31.9 Å². The van der Waals surface area contributed by atoms with Gasteiger partial charge in [0.05, 0.1) is 6.26 Å². The van der Waals surface area contributed by atoms with Gasteiger partial charge in [-0.05, 0) is 0 Å². The van der Waals surface area contributed by atoms with Crippen LogP contribution in [0.4, 0.5) is 13.6 Å². The second-order valence-corrected chi connectivity index (χ2v) is 9.59. The van der Waals surface area contributed by atoms with Crippen LogP contribution in [0.5, 0.6) is 0 Å². The van der Waals surface area contributed by atoms with Gasteiger partial charge in [-0.25, -0.2) is 0 Å². The van der Waals surface area contributed by atoms with Crippen molar-refractivity contribution in [2.45, 2.75) is 50.2 Å². The van der Waals surface area contributed by atoms with Crippen LogP contribution in [0.1, 0.15) is 38.5 Å². The first-order chi connectivity index (χ1) is 10.2. The van der Waals surface area contributed by atoms with Gasteiger partial charge in [-0.3, -0.25) is 4.55 Å². The fraction of sp³-hybridized carbons (Fsp3) is 0.923. The molecule has 2 unspecified atom stereocenters. The van der Waals surface area contributed by atoms with Crippen molar-refractivity contribution in [2.75, 3.05) is 6.26 Å². The van der Waals surface area contributed by atoms with Crippen LogP contribution in [-0.4, -0.2) is 67.2 Å². The third-order valence-electron chi connectivity index (χ3n) is 4.92. The molecule has 0 radical (unpaired) electrons. The summed E-state index contributed by atoms with van der Waals surface area (Å²) in [4.78, 5) is 10.9. The van der Waals surface area contributed by atoms with Crippen molar-refractivity contribution in [3.63, 3.8) is 0 Å². The van der Waals surface area contributed by atoms with E-state index in [1.807, 2.05) is 0 Å². The Morgan fingerprint density at radius 2 is 1.70 bits per heavy atom. The van der Waals surface area contributed by atoms with Crippen molar-refractivity contribution in [1.29, 1.82) is 0 Å². The molecule has 0 aromatic rings. The molecule has 4 bridgehead atoms. The zero-order valence-electron chi connectivity index (χ0n) is 13.1. The van der Waals surface area contributed by atoms with Gasteiger partial charge in [0.15, 0.2) is 0 Å². The molecular weight excluding hydrogens is 345 g/mol. The van der Waals surface area contributed by atoms with Gasteiger partial charge in [0.2, 0.25) is 0 Å². The van der Waals surface area contributed by atoms with Crippen molar-refractivity contribution in [1.82, 2.24) is 0 Å². The van der Waals surface area contributed by atoms with Crippen molar-refractivity contribution in [2.24, 2.45) is 17.3 Å². The summed E-state index contributed by atoms with van der Waals surface area (Å²) in [7, 11) is -3.67. The van der Waals surface area contributed by atoms with E-state index in [-0.39, 0.29) is 46.2 Å². The van der Waals surface area contributed by atoms with Gasteiger partial charge in [-0.1, -0.05) is 0 Å². The first-order valence-corrected chi connectivity index (χ1v) is 10.3. The first kappa shape index (κ1) is 19.5. The van der Waals surface area contributed by atoms with Crippen LogP contribution in [0.25, 0.3) is 0 Å². The molecule has 2 atom stereocenters. The Morgan fingerprint density at radius 3 is 2.04 bits per heavy atom. The monoisotopic (exact) mass is 364 g/mol. The Labute approximate surface area is 151 Å². The second kappa shape index (κ2) is 6.17. The fourth-order valence-corrected chi connectivity index (χ4v) is 5.10. The summed E-state index contributed by atoms with van der Waals surface area (Å²) < 4.78 is 57.9. The van der Waals surface area contributed by atoms with E-state index in [0.717, 1.165) is 6.42 Å². The maximum atomic E-state index is 14.3. The molecule has 4 aliphatic rings. The van der Waals surface area contributed by atoms with Gasteiger partial charge < -0.3 is 0 Å². The number of aliphatic hydroxyl groups is 1. The van der Waals surface area contributed by atoms with E-state index in [1.165, 1.54) is 0 Å². The van der Waals surface area contributed by atoms with Gasteiger partial charge in [0.1, 0.15) is 0 Å². The van der Waals surface area contributed by atoms with E-state index in [9.17, 15) is 27.1 Å². The molecule has 4 fully saturated rings. The molecule has 4 saturated carbocycles. The van der Waals surface area contributed by atoms with Gasteiger partial charge in [-0.15, -0.1) is 0 Å². The molecular formula is C13H19F2NaO6S. The Kier molecular flexibility index (Phi) is 5.24. The molecule has 10 heteroatoms. The van der Waals surface area contributed by atoms with E-state index < -0.39 is 30.5 Å². The van der Waals surface area contributed by atoms with E-state index in [2.05, 4.69) is 4.74 Å². The van der Waals surface area contributed by atoms with Crippen LogP contribution in [0.3, 0.4) is 0 Å². The topological polar surface area (TPSA) is 101 Å². The Balaban J connectivity index is 0.000000338. The van der Waals surface area contributed by atoms with E-state index in [4.69, 9.17) is 4.55 Å². The summed E-state index contributed by atoms with van der Waals surface area (Å²) in [5.74, 6) is 0.324. The third-order valence-corrected chi connectivity index (χ3v) is 5.12. The number of rotatable bonds is 2. The van der Waals surface area contributed by atoms with E-state index >= 15 is 0 Å². The van der Waals surface area contributed by atoms with Crippen LogP contribution >= 0.6 is 0 Å². The number of halogens is 2. The number of carbonyl (C=O) groups is 1. The molecule has 4 aliphatic carbocycles. The average molecular weight is 364 g/mol. The summed E-state index contributed by atoms with van der Waals surface area (Å²) in [6.45, 7) is 0.